The first-order chi connectivity index (χ1) is 12.1. The van der Waals surface area contributed by atoms with Gasteiger partial charge in [-0.1, -0.05) is 6.07 Å². The van der Waals surface area contributed by atoms with Gasteiger partial charge >= 0.3 is 5.97 Å². The van der Waals surface area contributed by atoms with Gasteiger partial charge in [-0.25, -0.2) is 22.7 Å². The van der Waals surface area contributed by atoms with E-state index in [-0.39, 0.29) is 21.8 Å². The maximum absolute atomic E-state index is 13.3. The standard InChI is InChI=1S/C17H16FNO6S/c1-10-3-5-12(26(19,22)23)8-13(10)17(21)25-9-15(20)14-7-11(18)4-6-16(14)24-2/h3-8H,9H2,1-2H3,(H2,19,22,23). The number of esters is 1. The van der Waals surface area contributed by atoms with Gasteiger partial charge in [0.1, 0.15) is 11.6 Å². The lowest BCUT2D eigenvalue weighted by Crippen LogP contribution is -2.17. The molecule has 0 bridgehead atoms. The highest BCUT2D eigenvalue weighted by Gasteiger charge is 2.19. The van der Waals surface area contributed by atoms with E-state index < -0.39 is 34.2 Å². The van der Waals surface area contributed by atoms with Crippen molar-refractivity contribution in [3.63, 3.8) is 0 Å². The fourth-order valence-corrected chi connectivity index (χ4v) is 2.72. The molecule has 0 aliphatic heterocycles. The van der Waals surface area contributed by atoms with E-state index in [0.717, 1.165) is 18.2 Å². The Morgan fingerprint density at radius 1 is 1.12 bits per heavy atom. The number of carbonyl (C=O) groups excluding carboxylic acids is 2. The van der Waals surface area contributed by atoms with Crippen LogP contribution in [0.25, 0.3) is 0 Å². The van der Waals surface area contributed by atoms with Gasteiger partial charge in [0.25, 0.3) is 0 Å². The second kappa shape index (κ2) is 7.63. The molecule has 0 saturated heterocycles. The second-order valence-corrected chi connectivity index (χ2v) is 6.93. The normalized spacial score (nSPS) is 11.1. The Labute approximate surface area is 149 Å². The van der Waals surface area contributed by atoms with Crippen molar-refractivity contribution in [1.29, 1.82) is 0 Å². The molecular formula is C17H16FNO6S. The minimum Gasteiger partial charge on any atom is -0.496 e. The third-order valence-corrected chi connectivity index (χ3v) is 4.46. The molecule has 0 heterocycles. The van der Waals surface area contributed by atoms with E-state index in [1.165, 1.54) is 25.3 Å². The van der Waals surface area contributed by atoms with Gasteiger partial charge in [-0.05, 0) is 42.8 Å². The summed E-state index contributed by atoms with van der Waals surface area (Å²) in [7, 11) is -2.68. The first kappa shape index (κ1) is 19.5. The summed E-state index contributed by atoms with van der Waals surface area (Å²) < 4.78 is 46.0. The quantitative estimate of drug-likeness (QED) is 0.603. The van der Waals surface area contributed by atoms with Crippen molar-refractivity contribution in [1.82, 2.24) is 0 Å². The first-order valence-corrected chi connectivity index (χ1v) is 8.85. The summed E-state index contributed by atoms with van der Waals surface area (Å²) in [5, 5.41) is 5.04. The molecule has 138 valence electrons. The molecule has 0 radical (unpaired) electrons. The number of hydrogen-bond acceptors (Lipinski definition) is 6. The molecule has 0 atom stereocenters. The van der Waals surface area contributed by atoms with Gasteiger partial charge in [0.05, 0.1) is 23.1 Å². The highest BCUT2D eigenvalue weighted by molar-refractivity contribution is 7.89. The number of sulfonamides is 1. The number of ether oxygens (including phenoxy) is 2. The highest BCUT2D eigenvalue weighted by atomic mass is 32.2. The fraction of sp³-hybridized carbons (Fsp3) is 0.176. The third kappa shape index (κ3) is 4.44. The van der Waals surface area contributed by atoms with E-state index in [4.69, 9.17) is 14.6 Å². The largest absolute Gasteiger partial charge is 0.496 e. The Kier molecular flexibility index (Phi) is 5.73. The van der Waals surface area contributed by atoms with Crippen LogP contribution in [-0.2, 0) is 14.8 Å². The van der Waals surface area contributed by atoms with Crippen molar-refractivity contribution in [2.45, 2.75) is 11.8 Å². The molecule has 26 heavy (non-hydrogen) atoms. The Hall–Kier alpha value is -2.78. The zero-order valence-corrected chi connectivity index (χ0v) is 14.8. The van der Waals surface area contributed by atoms with Crippen LogP contribution in [0.15, 0.2) is 41.3 Å². The van der Waals surface area contributed by atoms with Crippen molar-refractivity contribution in [3.8, 4) is 5.75 Å². The van der Waals surface area contributed by atoms with Gasteiger partial charge in [0, 0.05) is 0 Å². The predicted molar refractivity (Wildman–Crippen MR) is 90.1 cm³/mol. The number of ketones is 1. The number of nitrogens with two attached hydrogens (primary N) is 1. The highest BCUT2D eigenvalue weighted by Crippen LogP contribution is 2.20. The lowest BCUT2D eigenvalue weighted by molar-refractivity contribution is 0.0473. The molecule has 0 unspecified atom stereocenters. The average Bonchev–Trinajstić information content (AvgIpc) is 2.58. The van der Waals surface area contributed by atoms with Crippen LogP contribution in [0.2, 0.25) is 0 Å². The van der Waals surface area contributed by atoms with Gasteiger partial charge in [-0.3, -0.25) is 4.79 Å². The Bertz CT molecular complexity index is 971. The molecule has 2 N–H and O–H groups in total. The number of methoxy groups -OCH3 is 1. The number of rotatable bonds is 6. The zero-order chi connectivity index (χ0) is 19.5. The van der Waals surface area contributed by atoms with Crippen LogP contribution in [0.3, 0.4) is 0 Å². The van der Waals surface area contributed by atoms with E-state index in [1.807, 2.05) is 0 Å². The number of benzene rings is 2. The molecule has 0 aliphatic rings. The molecule has 0 fully saturated rings. The molecule has 0 saturated carbocycles. The zero-order valence-electron chi connectivity index (χ0n) is 14.0. The molecule has 0 aliphatic carbocycles. The number of aryl methyl sites for hydroxylation is 1. The molecule has 7 nitrogen and oxygen atoms in total. The smallest absolute Gasteiger partial charge is 0.338 e. The van der Waals surface area contributed by atoms with E-state index in [0.29, 0.717) is 5.56 Å². The second-order valence-electron chi connectivity index (χ2n) is 5.37. The van der Waals surface area contributed by atoms with E-state index in [1.54, 1.807) is 6.92 Å². The lowest BCUT2D eigenvalue weighted by Gasteiger charge is -2.10. The van der Waals surface area contributed by atoms with Crippen LogP contribution in [-0.4, -0.2) is 33.9 Å². The van der Waals surface area contributed by atoms with E-state index >= 15 is 0 Å². The summed E-state index contributed by atoms with van der Waals surface area (Å²) in [6.45, 7) is 0.901. The topological polar surface area (TPSA) is 113 Å². The molecule has 0 amide bonds. The number of halogens is 1. The average molecular weight is 381 g/mol. The van der Waals surface area contributed by atoms with E-state index in [2.05, 4.69) is 0 Å². The third-order valence-electron chi connectivity index (χ3n) is 3.55. The van der Waals surface area contributed by atoms with Crippen molar-refractivity contribution < 1.29 is 31.9 Å². The summed E-state index contributed by atoms with van der Waals surface area (Å²) in [6, 6.07) is 7.11. The molecule has 2 rings (SSSR count). The Morgan fingerprint density at radius 3 is 2.42 bits per heavy atom. The summed E-state index contributed by atoms with van der Waals surface area (Å²) >= 11 is 0. The van der Waals surface area contributed by atoms with Gasteiger partial charge < -0.3 is 9.47 Å². The maximum atomic E-state index is 13.3. The van der Waals surface area contributed by atoms with Gasteiger partial charge in [-0.15, -0.1) is 0 Å². The van der Waals surface area contributed by atoms with Crippen LogP contribution >= 0.6 is 0 Å². The van der Waals surface area contributed by atoms with Gasteiger partial charge in [-0.2, -0.15) is 0 Å². The predicted octanol–water partition coefficient (Wildman–Crippen LogP) is 1.83. The molecule has 0 spiro atoms. The van der Waals surface area contributed by atoms with Crippen molar-refractivity contribution >= 4 is 21.8 Å². The number of Topliss-reactive ketones (excluding diaryl/α,β-unsaturated/α-hetero) is 1. The number of hydrogen-bond donors (Lipinski definition) is 1. The number of carbonyl (C=O) groups is 2. The van der Waals surface area contributed by atoms with Crippen LogP contribution in [0, 0.1) is 12.7 Å². The minimum absolute atomic E-state index is 0.0458. The van der Waals surface area contributed by atoms with Crippen molar-refractivity contribution in [3.05, 3.63) is 58.9 Å². The van der Waals surface area contributed by atoms with E-state index in [9.17, 15) is 22.4 Å². The summed E-state index contributed by atoms with van der Waals surface area (Å²) in [5.41, 5.74) is 0.323. The van der Waals surface area contributed by atoms with Crippen molar-refractivity contribution in [2.24, 2.45) is 5.14 Å². The van der Waals surface area contributed by atoms with Gasteiger partial charge in [0.15, 0.2) is 6.61 Å². The van der Waals surface area contributed by atoms with Crippen LogP contribution in [0.5, 0.6) is 5.75 Å². The van der Waals surface area contributed by atoms with Crippen LogP contribution in [0.4, 0.5) is 4.39 Å². The maximum Gasteiger partial charge on any atom is 0.338 e. The Morgan fingerprint density at radius 2 is 1.81 bits per heavy atom. The SMILES string of the molecule is COc1ccc(F)cc1C(=O)COC(=O)c1cc(S(N)(=O)=O)ccc1C. The molecule has 2 aromatic rings. The summed E-state index contributed by atoms with van der Waals surface area (Å²) in [4.78, 5) is 24.1. The van der Waals surface area contributed by atoms with Crippen LogP contribution in [0.1, 0.15) is 26.3 Å². The lowest BCUT2D eigenvalue weighted by atomic mass is 10.1. The Balaban J connectivity index is 2.19. The fourth-order valence-electron chi connectivity index (χ4n) is 2.18. The summed E-state index contributed by atoms with van der Waals surface area (Å²) in [6.07, 6.45) is 0. The molecule has 2 aromatic carbocycles. The van der Waals surface area contributed by atoms with Crippen LogP contribution < -0.4 is 9.88 Å². The monoisotopic (exact) mass is 381 g/mol. The number of primary sulfonamides is 1. The molecular weight excluding hydrogens is 365 g/mol. The van der Waals surface area contributed by atoms with Crippen molar-refractivity contribution in [2.75, 3.05) is 13.7 Å². The first-order valence-electron chi connectivity index (χ1n) is 7.31. The van der Waals surface area contributed by atoms with Gasteiger partial charge in [0.2, 0.25) is 15.8 Å². The molecule has 9 heteroatoms. The minimum atomic E-state index is -4.00. The summed E-state index contributed by atoms with van der Waals surface area (Å²) in [5.74, 6) is -2.08. The molecule has 0 aromatic heterocycles.